The predicted molar refractivity (Wildman–Crippen MR) is 88.7 cm³/mol. The molecule has 3 aromatic rings. The van der Waals surface area contributed by atoms with Crippen molar-refractivity contribution in [2.24, 2.45) is 0 Å². The van der Waals surface area contributed by atoms with Crippen LogP contribution in [0, 0.1) is 11.3 Å². The third-order valence-corrected chi connectivity index (χ3v) is 4.65. The molecule has 0 unspecified atom stereocenters. The number of aromatic nitrogens is 2. The molecule has 0 aliphatic heterocycles. The number of rotatable bonds is 4. The molecule has 0 saturated heterocycles. The molecule has 0 spiro atoms. The molecule has 0 atom stereocenters. The van der Waals surface area contributed by atoms with E-state index >= 15 is 0 Å². The van der Waals surface area contributed by atoms with E-state index in [1.807, 2.05) is 17.5 Å². The maximum atomic E-state index is 12.4. The summed E-state index contributed by atoms with van der Waals surface area (Å²) in [5, 5.41) is 21.7. The Balaban J connectivity index is 1.55. The number of hydrogen-bond donors (Lipinski definition) is 1. The van der Waals surface area contributed by atoms with Crippen molar-refractivity contribution in [1.29, 1.82) is 5.26 Å². The Hall–Kier alpha value is -2.98. The minimum Gasteiger partial charge on any atom is -0.420 e. The van der Waals surface area contributed by atoms with E-state index < -0.39 is 0 Å². The highest BCUT2D eigenvalue weighted by Crippen LogP contribution is 2.41. The summed E-state index contributed by atoms with van der Waals surface area (Å²) in [5.74, 6) is 1.24. The molecule has 1 fully saturated rings. The quantitative estimate of drug-likeness (QED) is 0.782. The fourth-order valence-corrected chi connectivity index (χ4v) is 3.06. The zero-order valence-corrected chi connectivity index (χ0v) is 13.3. The standard InChI is InChI=1S/C17H12N4O2S/c18-9-10-1-3-11(4-2-10)15(22)19-13-7-8-24-14(13)17-21-20-16(23-17)12-5-6-12/h1-4,7-8,12H,5-6H2,(H,19,22). The van der Waals surface area contributed by atoms with Crippen LogP contribution in [-0.2, 0) is 0 Å². The van der Waals surface area contributed by atoms with Crippen LogP contribution in [0.4, 0.5) is 5.69 Å². The second-order valence-corrected chi connectivity index (χ2v) is 6.44. The van der Waals surface area contributed by atoms with Gasteiger partial charge in [-0.25, -0.2) is 0 Å². The average molecular weight is 336 g/mol. The van der Waals surface area contributed by atoms with E-state index in [2.05, 4.69) is 15.5 Å². The Kier molecular flexibility index (Phi) is 3.59. The third-order valence-electron chi connectivity index (χ3n) is 3.75. The van der Waals surface area contributed by atoms with Crippen molar-refractivity contribution < 1.29 is 9.21 Å². The Morgan fingerprint density at radius 1 is 1.25 bits per heavy atom. The van der Waals surface area contributed by atoms with Gasteiger partial charge in [0.25, 0.3) is 11.8 Å². The SMILES string of the molecule is N#Cc1ccc(C(=O)Nc2ccsc2-c2nnc(C3CC3)o2)cc1. The van der Waals surface area contributed by atoms with Crippen LogP contribution in [-0.4, -0.2) is 16.1 Å². The van der Waals surface area contributed by atoms with Crippen LogP contribution in [0.1, 0.15) is 40.6 Å². The smallest absolute Gasteiger partial charge is 0.259 e. The van der Waals surface area contributed by atoms with Crippen LogP contribution in [0.15, 0.2) is 40.1 Å². The predicted octanol–water partition coefficient (Wildman–Crippen LogP) is 3.80. The van der Waals surface area contributed by atoms with Crippen LogP contribution in [0.5, 0.6) is 0 Å². The number of nitrogens with zero attached hydrogens (tertiary/aromatic N) is 3. The highest BCUT2D eigenvalue weighted by Gasteiger charge is 2.30. The summed E-state index contributed by atoms with van der Waals surface area (Å²) >= 11 is 1.44. The molecule has 24 heavy (non-hydrogen) atoms. The Morgan fingerprint density at radius 3 is 2.75 bits per heavy atom. The van der Waals surface area contributed by atoms with Crippen molar-refractivity contribution in [3.8, 4) is 16.8 Å². The normalized spacial score (nSPS) is 13.5. The molecule has 1 aliphatic carbocycles. The number of carbonyl (C=O) groups excluding carboxylic acids is 1. The second kappa shape index (κ2) is 5.91. The monoisotopic (exact) mass is 336 g/mol. The zero-order chi connectivity index (χ0) is 16.5. The Labute approximate surface area is 141 Å². The molecule has 1 amide bonds. The minimum absolute atomic E-state index is 0.249. The van der Waals surface area contributed by atoms with E-state index in [0.29, 0.717) is 34.5 Å². The summed E-state index contributed by atoms with van der Waals surface area (Å²) in [6.45, 7) is 0. The molecule has 1 aromatic carbocycles. The lowest BCUT2D eigenvalue weighted by Gasteiger charge is -2.04. The number of nitrogens with one attached hydrogen (secondary N) is 1. The van der Waals surface area contributed by atoms with Crippen LogP contribution >= 0.6 is 11.3 Å². The van der Waals surface area contributed by atoms with Crippen LogP contribution in [0.3, 0.4) is 0 Å². The van der Waals surface area contributed by atoms with Crippen LogP contribution < -0.4 is 5.32 Å². The maximum Gasteiger partial charge on any atom is 0.259 e. The number of carbonyl (C=O) groups is 1. The number of benzene rings is 1. The molecule has 2 heterocycles. The van der Waals surface area contributed by atoms with Gasteiger partial charge in [0.2, 0.25) is 5.89 Å². The van der Waals surface area contributed by atoms with Crippen molar-refractivity contribution in [2.45, 2.75) is 18.8 Å². The van der Waals surface area contributed by atoms with Gasteiger partial charge in [-0.3, -0.25) is 4.79 Å². The number of amides is 1. The van der Waals surface area contributed by atoms with Crippen LogP contribution in [0.25, 0.3) is 10.8 Å². The molecule has 0 radical (unpaired) electrons. The Morgan fingerprint density at radius 2 is 2.04 bits per heavy atom. The minimum atomic E-state index is -0.249. The molecule has 0 bridgehead atoms. The van der Waals surface area contributed by atoms with E-state index in [-0.39, 0.29) is 5.91 Å². The lowest BCUT2D eigenvalue weighted by molar-refractivity contribution is 0.102. The summed E-state index contributed by atoms with van der Waals surface area (Å²) in [4.78, 5) is 13.1. The average Bonchev–Trinajstić information content (AvgIpc) is 3.17. The fraction of sp³-hybridized carbons (Fsp3) is 0.176. The summed E-state index contributed by atoms with van der Waals surface area (Å²) < 4.78 is 5.71. The lowest BCUT2D eigenvalue weighted by atomic mass is 10.1. The maximum absolute atomic E-state index is 12.4. The molecule has 1 saturated carbocycles. The molecule has 2 aromatic heterocycles. The molecule has 6 nitrogen and oxygen atoms in total. The molecular weight excluding hydrogens is 324 g/mol. The van der Waals surface area contributed by atoms with Crippen molar-refractivity contribution >= 4 is 22.9 Å². The third kappa shape index (κ3) is 2.79. The zero-order valence-electron chi connectivity index (χ0n) is 12.5. The first kappa shape index (κ1) is 14.6. The van der Waals surface area contributed by atoms with Crippen molar-refractivity contribution in [3.63, 3.8) is 0 Å². The van der Waals surface area contributed by atoms with Crippen molar-refractivity contribution in [1.82, 2.24) is 10.2 Å². The highest BCUT2D eigenvalue weighted by atomic mass is 32.1. The van der Waals surface area contributed by atoms with Gasteiger partial charge >= 0.3 is 0 Å². The van der Waals surface area contributed by atoms with E-state index in [1.54, 1.807) is 24.3 Å². The van der Waals surface area contributed by atoms with Gasteiger partial charge in [0.05, 0.1) is 17.3 Å². The van der Waals surface area contributed by atoms with Gasteiger partial charge in [0.1, 0.15) is 4.88 Å². The van der Waals surface area contributed by atoms with Gasteiger partial charge < -0.3 is 9.73 Å². The largest absolute Gasteiger partial charge is 0.420 e. The van der Waals surface area contributed by atoms with Gasteiger partial charge in [-0.2, -0.15) is 5.26 Å². The summed E-state index contributed by atoms with van der Waals surface area (Å²) in [6.07, 6.45) is 2.18. The number of thiophene rings is 1. The van der Waals surface area contributed by atoms with Gasteiger partial charge in [-0.05, 0) is 48.6 Å². The first-order valence-corrected chi connectivity index (χ1v) is 8.35. The van der Waals surface area contributed by atoms with E-state index in [0.717, 1.165) is 17.7 Å². The van der Waals surface area contributed by atoms with Gasteiger partial charge in [-0.1, -0.05) is 0 Å². The van der Waals surface area contributed by atoms with Crippen molar-refractivity contribution in [2.75, 3.05) is 5.32 Å². The summed E-state index contributed by atoms with van der Waals surface area (Å²) in [5.41, 5.74) is 1.64. The lowest BCUT2D eigenvalue weighted by Crippen LogP contribution is -2.11. The van der Waals surface area contributed by atoms with Crippen LogP contribution in [0.2, 0.25) is 0 Å². The first-order chi connectivity index (χ1) is 11.7. The topological polar surface area (TPSA) is 91.8 Å². The van der Waals surface area contributed by atoms with Gasteiger partial charge in [-0.15, -0.1) is 21.5 Å². The Bertz CT molecular complexity index is 932. The molecule has 1 aliphatic rings. The van der Waals surface area contributed by atoms with E-state index in [9.17, 15) is 4.79 Å². The van der Waals surface area contributed by atoms with Crippen molar-refractivity contribution in [3.05, 3.63) is 52.7 Å². The molecule has 1 N–H and O–H groups in total. The fourth-order valence-electron chi connectivity index (χ4n) is 2.29. The van der Waals surface area contributed by atoms with Gasteiger partial charge in [0, 0.05) is 11.5 Å². The van der Waals surface area contributed by atoms with E-state index in [1.165, 1.54) is 11.3 Å². The molecule has 118 valence electrons. The van der Waals surface area contributed by atoms with Gasteiger partial charge in [0.15, 0.2) is 0 Å². The number of hydrogen-bond acceptors (Lipinski definition) is 6. The van der Waals surface area contributed by atoms with E-state index in [4.69, 9.17) is 9.68 Å². The highest BCUT2D eigenvalue weighted by molar-refractivity contribution is 7.14. The number of nitriles is 1. The molecule has 7 heteroatoms. The first-order valence-electron chi connectivity index (χ1n) is 7.47. The molecule has 4 rings (SSSR count). The summed E-state index contributed by atoms with van der Waals surface area (Å²) in [7, 11) is 0. The molecular formula is C17H12N4O2S. The number of anilines is 1. The summed E-state index contributed by atoms with van der Waals surface area (Å²) in [6, 6.07) is 10.3. The second-order valence-electron chi connectivity index (χ2n) is 5.53.